The molecular formula is C19H18N2OS. The van der Waals surface area contributed by atoms with Gasteiger partial charge in [0.25, 0.3) is 0 Å². The number of allylic oxidation sites excluding steroid dienone is 1. The van der Waals surface area contributed by atoms with E-state index in [0.717, 1.165) is 38.6 Å². The second kappa shape index (κ2) is 5.46. The van der Waals surface area contributed by atoms with Gasteiger partial charge in [-0.25, -0.2) is 0 Å². The maximum atomic E-state index is 13.0. The van der Waals surface area contributed by atoms with E-state index in [2.05, 4.69) is 36.4 Å². The second-order valence-corrected chi connectivity index (χ2v) is 7.27. The van der Waals surface area contributed by atoms with E-state index < -0.39 is 0 Å². The van der Waals surface area contributed by atoms with Gasteiger partial charge < -0.3 is 5.21 Å². The molecule has 3 heterocycles. The summed E-state index contributed by atoms with van der Waals surface area (Å²) in [5, 5.41) is 15.1. The number of benzene rings is 1. The molecule has 0 bridgehead atoms. The van der Waals surface area contributed by atoms with Crippen molar-refractivity contribution in [2.24, 2.45) is 16.8 Å². The van der Waals surface area contributed by atoms with E-state index in [1.807, 2.05) is 30.6 Å². The molecule has 4 rings (SSSR count). The van der Waals surface area contributed by atoms with Gasteiger partial charge in [0, 0.05) is 29.8 Å². The van der Waals surface area contributed by atoms with Gasteiger partial charge in [-0.1, -0.05) is 44.2 Å². The van der Waals surface area contributed by atoms with E-state index in [1.165, 1.54) is 5.56 Å². The highest BCUT2D eigenvalue weighted by molar-refractivity contribution is 7.12. The minimum absolute atomic E-state index is 0.0941. The van der Waals surface area contributed by atoms with E-state index in [1.54, 1.807) is 11.3 Å². The molecule has 2 aromatic rings. The van der Waals surface area contributed by atoms with Gasteiger partial charge in [0.1, 0.15) is 4.88 Å². The van der Waals surface area contributed by atoms with E-state index in [9.17, 15) is 5.21 Å². The van der Waals surface area contributed by atoms with Gasteiger partial charge in [-0.2, -0.15) is 4.74 Å². The number of hydrogen-bond donors (Lipinski definition) is 0. The first kappa shape index (κ1) is 14.4. The van der Waals surface area contributed by atoms with Crippen molar-refractivity contribution < 1.29 is 4.74 Å². The molecular weight excluding hydrogens is 304 g/mol. The van der Waals surface area contributed by atoms with Gasteiger partial charge in [-0.15, -0.1) is 11.3 Å². The summed E-state index contributed by atoms with van der Waals surface area (Å²) in [7, 11) is 0. The first-order chi connectivity index (χ1) is 11.2. The maximum absolute atomic E-state index is 13.0. The Bertz CT molecular complexity index is 844. The molecule has 1 aromatic heterocycles. The van der Waals surface area contributed by atoms with Gasteiger partial charge in [0.05, 0.1) is 11.5 Å². The molecule has 4 heteroatoms. The lowest BCUT2D eigenvalue weighted by Gasteiger charge is -2.18. The molecule has 0 saturated carbocycles. The van der Waals surface area contributed by atoms with Crippen LogP contribution >= 0.6 is 11.3 Å². The Hall–Kier alpha value is -2.20. The van der Waals surface area contributed by atoms with Crippen LogP contribution in [0, 0.1) is 17.0 Å². The highest BCUT2D eigenvalue weighted by atomic mass is 32.1. The van der Waals surface area contributed by atoms with Crippen LogP contribution < -0.4 is 0 Å². The highest BCUT2D eigenvalue weighted by Gasteiger charge is 2.42. The minimum Gasteiger partial charge on any atom is -0.618 e. The molecule has 0 amide bonds. The lowest BCUT2D eigenvalue weighted by Crippen LogP contribution is -2.27. The van der Waals surface area contributed by atoms with E-state index in [-0.39, 0.29) is 5.92 Å². The molecule has 1 unspecified atom stereocenters. The van der Waals surface area contributed by atoms with Crippen molar-refractivity contribution >= 4 is 34.5 Å². The van der Waals surface area contributed by atoms with Crippen LogP contribution in [0.4, 0.5) is 5.69 Å². The SMILES string of the molecule is CC(C)C1C=NC=C2C1=[N+]([O-])c1c(Cc3ccccc3)csc12. The Kier molecular flexibility index (Phi) is 3.42. The number of nitrogens with zero attached hydrogens (tertiary/aromatic N) is 2. The average molecular weight is 322 g/mol. The molecule has 23 heavy (non-hydrogen) atoms. The Labute approximate surface area is 139 Å². The third kappa shape index (κ3) is 2.25. The molecule has 1 aromatic carbocycles. The fraction of sp³-hybridized carbons (Fsp3) is 0.263. The molecule has 0 fully saturated rings. The molecule has 1 atom stereocenters. The van der Waals surface area contributed by atoms with Crippen molar-refractivity contribution in [3.8, 4) is 0 Å². The first-order valence-electron chi connectivity index (χ1n) is 7.89. The standard InChI is InChI=1S/C19H18N2OS/c1-12(2)15-9-20-10-16-18(15)21(22)17-14(11-23-19(16)17)8-13-6-4-3-5-7-13/h3-7,9-12,15H,8H2,1-2H3. The summed E-state index contributed by atoms with van der Waals surface area (Å²) in [4.78, 5) is 5.45. The van der Waals surface area contributed by atoms with Crippen LogP contribution in [-0.2, 0) is 6.42 Å². The summed E-state index contributed by atoms with van der Waals surface area (Å²) in [6.07, 6.45) is 4.54. The van der Waals surface area contributed by atoms with Gasteiger partial charge in [0.15, 0.2) is 0 Å². The predicted molar refractivity (Wildman–Crippen MR) is 96.7 cm³/mol. The predicted octanol–water partition coefficient (Wildman–Crippen LogP) is 4.63. The van der Waals surface area contributed by atoms with Crippen LogP contribution in [0.2, 0.25) is 0 Å². The van der Waals surface area contributed by atoms with Crippen molar-refractivity contribution in [1.82, 2.24) is 0 Å². The summed E-state index contributed by atoms with van der Waals surface area (Å²) in [5.74, 6) is 0.456. The van der Waals surface area contributed by atoms with Crippen LogP contribution in [0.3, 0.4) is 0 Å². The van der Waals surface area contributed by atoms with Crippen LogP contribution in [0.5, 0.6) is 0 Å². The average Bonchev–Trinajstić information content (AvgIpc) is 3.09. The molecule has 0 spiro atoms. The van der Waals surface area contributed by atoms with Gasteiger partial charge in [-0.05, 0) is 11.5 Å². The minimum atomic E-state index is 0.0941. The zero-order valence-electron chi connectivity index (χ0n) is 13.2. The Morgan fingerprint density at radius 2 is 2.04 bits per heavy atom. The van der Waals surface area contributed by atoms with Crippen molar-refractivity contribution in [3.63, 3.8) is 0 Å². The molecule has 2 aliphatic heterocycles. The van der Waals surface area contributed by atoms with Crippen molar-refractivity contribution in [2.45, 2.75) is 20.3 Å². The number of thiophene rings is 1. The quantitative estimate of drug-likeness (QED) is 0.599. The molecule has 0 aliphatic carbocycles. The van der Waals surface area contributed by atoms with Crippen LogP contribution in [0.1, 0.15) is 29.9 Å². The largest absolute Gasteiger partial charge is 0.618 e. The number of aliphatic imine (C=N–C) groups is 1. The molecule has 0 saturated heterocycles. The molecule has 2 aliphatic rings. The molecule has 116 valence electrons. The third-order valence-corrected chi connectivity index (χ3v) is 5.55. The summed E-state index contributed by atoms with van der Waals surface area (Å²) in [6, 6.07) is 10.3. The number of fused-ring (bicyclic) bond motifs is 3. The maximum Gasteiger partial charge on any atom is 0.239 e. The monoisotopic (exact) mass is 322 g/mol. The summed E-state index contributed by atoms with van der Waals surface area (Å²) in [5.41, 5.74) is 5.05. The Balaban J connectivity index is 1.79. The normalized spacial score (nSPS) is 19.1. The van der Waals surface area contributed by atoms with E-state index in [4.69, 9.17) is 0 Å². The van der Waals surface area contributed by atoms with Crippen LogP contribution in [0.15, 0.2) is 46.9 Å². The summed E-state index contributed by atoms with van der Waals surface area (Å²) < 4.78 is 1.16. The molecule has 0 N–H and O–H groups in total. The van der Waals surface area contributed by atoms with Crippen molar-refractivity contribution in [2.75, 3.05) is 0 Å². The summed E-state index contributed by atoms with van der Waals surface area (Å²) >= 11 is 1.66. The fourth-order valence-electron chi connectivity index (χ4n) is 3.30. The van der Waals surface area contributed by atoms with Gasteiger partial charge in [0.2, 0.25) is 11.4 Å². The van der Waals surface area contributed by atoms with E-state index in [0.29, 0.717) is 5.92 Å². The van der Waals surface area contributed by atoms with Crippen molar-refractivity contribution in [1.29, 1.82) is 0 Å². The molecule has 3 nitrogen and oxygen atoms in total. The Morgan fingerprint density at radius 1 is 1.26 bits per heavy atom. The second-order valence-electron chi connectivity index (χ2n) is 6.39. The van der Waals surface area contributed by atoms with Crippen molar-refractivity contribution in [3.05, 3.63) is 63.1 Å². The zero-order chi connectivity index (χ0) is 16.0. The Morgan fingerprint density at radius 3 is 2.78 bits per heavy atom. The van der Waals surface area contributed by atoms with Crippen LogP contribution in [-0.4, -0.2) is 16.7 Å². The zero-order valence-corrected chi connectivity index (χ0v) is 14.0. The van der Waals surface area contributed by atoms with Crippen LogP contribution in [0.25, 0.3) is 5.57 Å². The van der Waals surface area contributed by atoms with Gasteiger partial charge >= 0.3 is 0 Å². The topological polar surface area (TPSA) is 38.4 Å². The highest BCUT2D eigenvalue weighted by Crippen LogP contribution is 2.45. The third-order valence-electron chi connectivity index (χ3n) is 4.50. The number of rotatable bonds is 3. The number of hydrogen-bond acceptors (Lipinski definition) is 3. The fourth-order valence-corrected chi connectivity index (χ4v) is 4.36. The lowest BCUT2D eigenvalue weighted by atomic mass is 9.87. The lowest BCUT2D eigenvalue weighted by molar-refractivity contribution is -0.359. The first-order valence-corrected chi connectivity index (χ1v) is 8.77. The summed E-state index contributed by atoms with van der Waals surface area (Å²) in [6.45, 7) is 4.27. The van der Waals surface area contributed by atoms with E-state index >= 15 is 0 Å². The molecule has 0 radical (unpaired) electrons. The smallest absolute Gasteiger partial charge is 0.239 e. The van der Waals surface area contributed by atoms with Gasteiger partial charge in [-0.3, -0.25) is 4.99 Å².